The summed E-state index contributed by atoms with van der Waals surface area (Å²) in [5.74, 6) is 0.141. The first-order chi connectivity index (χ1) is 16.9. The Morgan fingerprint density at radius 2 is 1.60 bits per heavy atom. The second-order valence-electron chi connectivity index (χ2n) is 8.46. The first kappa shape index (κ1) is 24.0. The van der Waals surface area contributed by atoms with Gasteiger partial charge in [0, 0.05) is 24.2 Å². The molecule has 7 nitrogen and oxygen atoms in total. The molecule has 7 heteroatoms. The number of carbonyl (C=O) groups excluding carboxylic acids is 3. The van der Waals surface area contributed by atoms with E-state index in [0.717, 1.165) is 5.56 Å². The molecule has 0 unspecified atom stereocenters. The van der Waals surface area contributed by atoms with Gasteiger partial charge >= 0.3 is 5.97 Å². The quantitative estimate of drug-likeness (QED) is 0.340. The predicted octanol–water partition coefficient (Wildman–Crippen LogP) is 4.96. The maximum atomic E-state index is 12.7. The number of rotatable bonds is 8. The zero-order valence-electron chi connectivity index (χ0n) is 19.9. The van der Waals surface area contributed by atoms with Crippen molar-refractivity contribution in [3.8, 4) is 17.2 Å². The van der Waals surface area contributed by atoms with Crippen molar-refractivity contribution in [1.82, 2.24) is 0 Å². The molecule has 0 N–H and O–H groups in total. The minimum Gasteiger partial charge on any atom is -0.493 e. The lowest BCUT2D eigenvalue weighted by molar-refractivity contribution is -0.151. The molecule has 1 amide bonds. The van der Waals surface area contributed by atoms with Gasteiger partial charge in [-0.2, -0.15) is 0 Å². The Morgan fingerprint density at radius 3 is 2.26 bits per heavy atom. The number of hydrogen-bond donors (Lipinski definition) is 0. The zero-order chi connectivity index (χ0) is 24.9. The Morgan fingerprint density at radius 1 is 0.943 bits per heavy atom. The molecule has 0 saturated carbocycles. The summed E-state index contributed by atoms with van der Waals surface area (Å²) in [6.45, 7) is 3.67. The highest BCUT2D eigenvalue weighted by Crippen LogP contribution is 2.33. The highest BCUT2D eigenvalue weighted by atomic mass is 16.5. The minimum absolute atomic E-state index is 0.0315. The van der Waals surface area contributed by atoms with E-state index in [1.165, 1.54) is 0 Å². The molecule has 35 heavy (non-hydrogen) atoms. The Hall–Kier alpha value is -4.13. The fourth-order valence-electron chi connectivity index (χ4n) is 3.92. The van der Waals surface area contributed by atoms with Crippen LogP contribution in [0.25, 0.3) is 0 Å². The van der Waals surface area contributed by atoms with Gasteiger partial charge in [0.25, 0.3) is 0 Å². The average Bonchev–Trinajstić information content (AvgIpc) is 3.26. The molecule has 3 aromatic rings. The van der Waals surface area contributed by atoms with Crippen molar-refractivity contribution in [3.63, 3.8) is 0 Å². The van der Waals surface area contributed by atoms with E-state index in [1.807, 2.05) is 31.2 Å². The lowest BCUT2D eigenvalue weighted by atomic mass is 10.1. The van der Waals surface area contributed by atoms with Gasteiger partial charge in [0.2, 0.25) is 11.7 Å². The molecule has 180 valence electrons. The maximum absolute atomic E-state index is 12.7. The summed E-state index contributed by atoms with van der Waals surface area (Å²) in [6.07, 6.45) is -0.898. The van der Waals surface area contributed by atoms with Gasteiger partial charge in [0.1, 0.15) is 5.75 Å². The number of aryl methyl sites for hydroxylation is 1. The molecule has 1 aliphatic rings. The third-order valence-electron chi connectivity index (χ3n) is 5.90. The largest absolute Gasteiger partial charge is 0.493 e. The molecule has 2 atom stereocenters. The molecule has 3 aromatic carbocycles. The molecule has 4 rings (SSSR count). The van der Waals surface area contributed by atoms with Crippen LogP contribution in [0.2, 0.25) is 0 Å². The fraction of sp³-hybridized carbons (Fsp3) is 0.250. The number of hydrogen-bond acceptors (Lipinski definition) is 6. The number of nitrogens with zero attached hydrogens (tertiary/aromatic N) is 1. The third kappa shape index (κ3) is 5.51. The molecular weight excluding hydrogens is 446 g/mol. The van der Waals surface area contributed by atoms with Crippen molar-refractivity contribution in [2.45, 2.75) is 26.4 Å². The molecule has 1 aliphatic heterocycles. The Bertz CT molecular complexity index is 1220. The maximum Gasteiger partial charge on any atom is 0.312 e. The lowest BCUT2D eigenvalue weighted by Gasteiger charge is -2.18. The van der Waals surface area contributed by atoms with Crippen molar-refractivity contribution >= 4 is 23.3 Å². The van der Waals surface area contributed by atoms with Gasteiger partial charge in [-0.05, 0) is 50.2 Å². The van der Waals surface area contributed by atoms with Crippen molar-refractivity contribution in [1.29, 1.82) is 0 Å². The van der Waals surface area contributed by atoms with Gasteiger partial charge in [-0.25, -0.2) is 0 Å². The van der Waals surface area contributed by atoms with Gasteiger partial charge in [-0.3, -0.25) is 14.4 Å². The molecule has 1 saturated heterocycles. The molecular formula is C28H27NO6. The summed E-state index contributed by atoms with van der Waals surface area (Å²) < 4.78 is 16.6. The fourth-order valence-corrected chi connectivity index (χ4v) is 3.92. The highest BCUT2D eigenvalue weighted by Gasteiger charge is 2.37. The van der Waals surface area contributed by atoms with Crippen LogP contribution in [0.1, 0.15) is 29.3 Å². The van der Waals surface area contributed by atoms with Crippen LogP contribution >= 0.6 is 0 Å². The Balaban J connectivity index is 1.37. The summed E-state index contributed by atoms with van der Waals surface area (Å²) in [4.78, 5) is 39.5. The number of para-hydroxylation sites is 2. The van der Waals surface area contributed by atoms with Crippen LogP contribution < -0.4 is 14.4 Å². The van der Waals surface area contributed by atoms with Crippen LogP contribution in [-0.4, -0.2) is 37.4 Å². The second kappa shape index (κ2) is 10.4. The van der Waals surface area contributed by atoms with Crippen LogP contribution in [0.5, 0.6) is 17.2 Å². The van der Waals surface area contributed by atoms with E-state index >= 15 is 0 Å². The number of amides is 1. The molecule has 1 fully saturated rings. The normalized spacial score (nSPS) is 16.0. The summed E-state index contributed by atoms with van der Waals surface area (Å²) in [5, 5.41) is 0. The van der Waals surface area contributed by atoms with Gasteiger partial charge in [-0.1, -0.05) is 42.0 Å². The molecule has 0 radical (unpaired) electrons. The van der Waals surface area contributed by atoms with Crippen LogP contribution in [0, 0.1) is 12.8 Å². The number of carbonyl (C=O) groups is 3. The number of anilines is 1. The van der Waals surface area contributed by atoms with Crippen molar-refractivity contribution in [2.24, 2.45) is 5.92 Å². The molecule has 0 aliphatic carbocycles. The van der Waals surface area contributed by atoms with Crippen molar-refractivity contribution in [2.75, 3.05) is 18.6 Å². The first-order valence-electron chi connectivity index (χ1n) is 11.4. The minimum atomic E-state index is -0.930. The number of Topliss-reactive ketones (excluding diaryl/α,β-unsaturated/α-hetero) is 1. The zero-order valence-corrected chi connectivity index (χ0v) is 19.9. The van der Waals surface area contributed by atoms with E-state index in [0.29, 0.717) is 28.5 Å². The van der Waals surface area contributed by atoms with Crippen molar-refractivity contribution in [3.05, 3.63) is 83.9 Å². The van der Waals surface area contributed by atoms with E-state index in [4.69, 9.17) is 14.2 Å². The molecule has 0 aromatic heterocycles. The van der Waals surface area contributed by atoms with E-state index in [9.17, 15) is 14.4 Å². The number of benzene rings is 3. The third-order valence-corrected chi connectivity index (χ3v) is 5.90. The first-order valence-corrected chi connectivity index (χ1v) is 11.4. The van der Waals surface area contributed by atoms with Gasteiger partial charge in [0.05, 0.1) is 13.0 Å². The standard InChI is InChI=1S/C28H27NO6/c1-18-8-10-20(11-9-18)27(31)19(2)34-28(32)21-16-26(30)29(17-21)22-12-14-23(15-13-22)35-25-7-5-4-6-24(25)33-3/h4-15,19,21H,16-17H2,1-3H3/t19-,21-/m1/s1. The summed E-state index contributed by atoms with van der Waals surface area (Å²) >= 11 is 0. The lowest BCUT2D eigenvalue weighted by Crippen LogP contribution is -2.30. The average molecular weight is 474 g/mol. The summed E-state index contributed by atoms with van der Waals surface area (Å²) in [6, 6.07) is 21.4. The number of ether oxygens (including phenoxy) is 3. The van der Waals surface area contributed by atoms with Gasteiger partial charge < -0.3 is 19.1 Å². The van der Waals surface area contributed by atoms with Crippen LogP contribution in [0.15, 0.2) is 72.8 Å². The number of methoxy groups -OCH3 is 1. The van der Waals surface area contributed by atoms with Crippen LogP contribution in [-0.2, 0) is 14.3 Å². The molecule has 0 bridgehead atoms. The smallest absolute Gasteiger partial charge is 0.312 e. The van der Waals surface area contributed by atoms with E-state index in [1.54, 1.807) is 67.5 Å². The number of ketones is 1. The molecule has 1 heterocycles. The van der Waals surface area contributed by atoms with Crippen LogP contribution in [0.4, 0.5) is 5.69 Å². The molecule has 0 spiro atoms. The van der Waals surface area contributed by atoms with Crippen molar-refractivity contribution < 1.29 is 28.6 Å². The SMILES string of the molecule is COc1ccccc1Oc1ccc(N2C[C@H](C(=O)O[C@H](C)C(=O)c3ccc(C)cc3)CC2=O)cc1. The van der Waals surface area contributed by atoms with E-state index in [2.05, 4.69) is 0 Å². The van der Waals surface area contributed by atoms with Crippen LogP contribution in [0.3, 0.4) is 0 Å². The Kier molecular flexibility index (Phi) is 7.15. The predicted molar refractivity (Wildman–Crippen MR) is 131 cm³/mol. The highest BCUT2D eigenvalue weighted by molar-refractivity contribution is 6.02. The van der Waals surface area contributed by atoms with E-state index in [-0.39, 0.29) is 24.7 Å². The topological polar surface area (TPSA) is 82.1 Å². The number of esters is 1. The van der Waals surface area contributed by atoms with Gasteiger partial charge in [-0.15, -0.1) is 0 Å². The van der Waals surface area contributed by atoms with Gasteiger partial charge in [0.15, 0.2) is 17.6 Å². The Labute approximate surface area is 204 Å². The van der Waals surface area contributed by atoms with E-state index < -0.39 is 18.0 Å². The summed E-state index contributed by atoms with van der Waals surface area (Å²) in [7, 11) is 1.57. The second-order valence-corrected chi connectivity index (χ2v) is 8.46. The summed E-state index contributed by atoms with van der Waals surface area (Å²) in [5.41, 5.74) is 2.17. The monoisotopic (exact) mass is 473 g/mol.